The van der Waals surface area contributed by atoms with Crippen LogP contribution in [0, 0.1) is 5.82 Å². The van der Waals surface area contributed by atoms with Gasteiger partial charge in [-0.1, -0.05) is 11.6 Å². The molecule has 0 aliphatic heterocycles. The standard InChI is InChI=1S/C12H11BrClFN2O2S2/c1-17(6-8-2-3-11(14)20-8)21(18,19)10-5-7(16)4-9(13)12(10)15/h2-5H,6,16H2,1H3. The van der Waals surface area contributed by atoms with E-state index in [0.717, 1.165) is 15.2 Å². The van der Waals surface area contributed by atoms with Gasteiger partial charge in [-0.15, -0.1) is 11.3 Å². The first-order valence-corrected chi connectivity index (χ1v) is 9.09. The van der Waals surface area contributed by atoms with Crippen LogP contribution in [0.2, 0.25) is 4.34 Å². The number of nitrogens with zero attached hydrogens (tertiary/aromatic N) is 1. The fraction of sp³-hybridized carbons (Fsp3) is 0.167. The number of rotatable bonds is 4. The van der Waals surface area contributed by atoms with Gasteiger partial charge in [0.25, 0.3) is 0 Å². The first-order valence-electron chi connectivity index (χ1n) is 5.67. The summed E-state index contributed by atoms with van der Waals surface area (Å²) in [5.41, 5.74) is 5.75. The van der Waals surface area contributed by atoms with E-state index < -0.39 is 20.7 Å². The van der Waals surface area contributed by atoms with Crippen molar-refractivity contribution < 1.29 is 12.8 Å². The average Bonchev–Trinajstić information content (AvgIpc) is 2.79. The summed E-state index contributed by atoms with van der Waals surface area (Å²) >= 11 is 10.0. The number of hydrogen-bond donors (Lipinski definition) is 1. The Morgan fingerprint density at radius 3 is 2.67 bits per heavy atom. The molecule has 0 radical (unpaired) electrons. The van der Waals surface area contributed by atoms with Gasteiger partial charge in [-0.25, -0.2) is 12.8 Å². The molecule has 0 saturated heterocycles. The lowest BCUT2D eigenvalue weighted by molar-refractivity contribution is 0.462. The van der Waals surface area contributed by atoms with E-state index in [9.17, 15) is 12.8 Å². The van der Waals surface area contributed by atoms with Crippen LogP contribution < -0.4 is 5.73 Å². The SMILES string of the molecule is CN(Cc1ccc(Cl)s1)S(=O)(=O)c1cc(N)cc(Br)c1F. The van der Waals surface area contributed by atoms with Gasteiger partial charge in [0.05, 0.1) is 8.81 Å². The Morgan fingerprint density at radius 1 is 1.43 bits per heavy atom. The number of thiophene rings is 1. The molecular formula is C12H11BrClFN2O2S2. The van der Waals surface area contributed by atoms with Crippen LogP contribution in [0.4, 0.5) is 10.1 Å². The van der Waals surface area contributed by atoms with Crippen molar-refractivity contribution in [2.24, 2.45) is 0 Å². The van der Waals surface area contributed by atoms with Crippen LogP contribution >= 0.6 is 38.9 Å². The van der Waals surface area contributed by atoms with Crippen molar-refractivity contribution in [3.05, 3.63) is 43.8 Å². The fourth-order valence-electron chi connectivity index (χ4n) is 1.68. The van der Waals surface area contributed by atoms with Crippen molar-refractivity contribution in [1.82, 2.24) is 4.31 Å². The number of nitrogen functional groups attached to an aromatic ring is 1. The molecule has 0 bridgehead atoms. The third-order valence-electron chi connectivity index (χ3n) is 2.71. The van der Waals surface area contributed by atoms with Crippen molar-refractivity contribution in [2.75, 3.05) is 12.8 Å². The van der Waals surface area contributed by atoms with Gasteiger partial charge in [0.2, 0.25) is 10.0 Å². The van der Waals surface area contributed by atoms with Crippen molar-refractivity contribution in [1.29, 1.82) is 0 Å². The number of anilines is 1. The number of hydrogen-bond acceptors (Lipinski definition) is 4. The molecule has 1 heterocycles. The Balaban J connectivity index is 2.37. The molecule has 0 amide bonds. The molecule has 2 rings (SSSR count). The highest BCUT2D eigenvalue weighted by molar-refractivity contribution is 9.10. The first-order chi connectivity index (χ1) is 9.71. The maximum atomic E-state index is 14.1. The predicted octanol–water partition coefficient (Wildman–Crippen LogP) is 3.71. The fourth-order valence-corrected chi connectivity index (χ4v) is 4.78. The molecule has 0 unspecified atom stereocenters. The minimum atomic E-state index is -3.99. The van der Waals surface area contributed by atoms with E-state index in [1.54, 1.807) is 12.1 Å². The summed E-state index contributed by atoms with van der Waals surface area (Å²) in [5, 5.41) is 0. The zero-order chi connectivity index (χ0) is 15.8. The molecule has 0 fully saturated rings. The Morgan fingerprint density at radius 2 is 2.10 bits per heavy atom. The molecule has 2 N–H and O–H groups in total. The van der Waals surface area contributed by atoms with Gasteiger partial charge in [-0.2, -0.15) is 4.31 Å². The molecule has 0 aliphatic carbocycles. The Bertz CT molecular complexity index is 780. The molecule has 0 saturated carbocycles. The Hall–Kier alpha value is -0.670. The van der Waals surface area contributed by atoms with E-state index in [0.29, 0.717) is 4.34 Å². The summed E-state index contributed by atoms with van der Waals surface area (Å²) in [6.45, 7) is 0.103. The summed E-state index contributed by atoms with van der Waals surface area (Å²) in [4.78, 5) is 0.300. The second-order valence-electron chi connectivity index (χ2n) is 4.28. The monoisotopic (exact) mass is 412 g/mol. The van der Waals surface area contributed by atoms with Gasteiger partial charge in [0.1, 0.15) is 4.90 Å². The molecule has 9 heteroatoms. The van der Waals surface area contributed by atoms with Crippen molar-refractivity contribution in [2.45, 2.75) is 11.4 Å². The molecule has 4 nitrogen and oxygen atoms in total. The lowest BCUT2D eigenvalue weighted by Gasteiger charge is -2.17. The molecule has 0 atom stereocenters. The molecule has 0 aliphatic rings. The summed E-state index contributed by atoms with van der Waals surface area (Å²) in [6.07, 6.45) is 0. The molecule has 1 aromatic carbocycles. The third-order valence-corrected chi connectivity index (χ3v) is 6.31. The number of nitrogens with two attached hydrogens (primary N) is 1. The smallest absolute Gasteiger partial charge is 0.246 e. The molecular weight excluding hydrogens is 403 g/mol. The molecule has 0 spiro atoms. The van der Waals surface area contributed by atoms with Gasteiger partial charge >= 0.3 is 0 Å². The summed E-state index contributed by atoms with van der Waals surface area (Å²) < 4.78 is 40.6. The minimum absolute atomic E-state index is 0.00800. The average molecular weight is 414 g/mol. The van der Waals surface area contributed by atoms with Crippen molar-refractivity contribution >= 4 is 54.6 Å². The summed E-state index contributed by atoms with van der Waals surface area (Å²) in [7, 11) is -2.62. The summed E-state index contributed by atoms with van der Waals surface area (Å²) in [5.74, 6) is -0.861. The first kappa shape index (κ1) is 16.7. The number of benzene rings is 1. The Kier molecular flexibility index (Phi) is 4.94. The zero-order valence-corrected chi connectivity index (χ0v) is 14.8. The Labute approximate surface area is 139 Å². The lowest BCUT2D eigenvalue weighted by Crippen LogP contribution is -2.27. The highest BCUT2D eigenvalue weighted by Crippen LogP contribution is 2.29. The number of halogens is 3. The van der Waals surface area contributed by atoms with Gasteiger partial charge in [-0.05, 0) is 40.2 Å². The topological polar surface area (TPSA) is 63.4 Å². The summed E-state index contributed by atoms with van der Waals surface area (Å²) in [6, 6.07) is 5.82. The molecule has 1 aromatic heterocycles. The molecule has 114 valence electrons. The molecule has 21 heavy (non-hydrogen) atoms. The van der Waals surface area contributed by atoms with Crippen LogP contribution in [0.1, 0.15) is 4.88 Å². The van der Waals surface area contributed by atoms with Crippen LogP contribution in [-0.4, -0.2) is 19.8 Å². The highest BCUT2D eigenvalue weighted by Gasteiger charge is 2.26. The van der Waals surface area contributed by atoms with Crippen LogP contribution in [0.25, 0.3) is 0 Å². The van der Waals surface area contributed by atoms with E-state index in [-0.39, 0.29) is 16.7 Å². The van der Waals surface area contributed by atoms with Crippen LogP contribution in [-0.2, 0) is 16.6 Å². The van der Waals surface area contributed by atoms with Gasteiger partial charge in [0.15, 0.2) is 5.82 Å². The lowest BCUT2D eigenvalue weighted by atomic mass is 10.3. The zero-order valence-electron chi connectivity index (χ0n) is 10.8. The highest BCUT2D eigenvalue weighted by atomic mass is 79.9. The van der Waals surface area contributed by atoms with Gasteiger partial charge in [0, 0.05) is 24.2 Å². The normalized spacial score (nSPS) is 12.0. The quantitative estimate of drug-likeness (QED) is 0.777. The second kappa shape index (κ2) is 6.21. The van der Waals surface area contributed by atoms with Crippen molar-refractivity contribution in [3.63, 3.8) is 0 Å². The van der Waals surface area contributed by atoms with E-state index in [1.165, 1.54) is 24.5 Å². The van der Waals surface area contributed by atoms with Crippen molar-refractivity contribution in [3.8, 4) is 0 Å². The maximum absolute atomic E-state index is 14.1. The van der Waals surface area contributed by atoms with Crippen LogP contribution in [0.5, 0.6) is 0 Å². The van der Waals surface area contributed by atoms with Gasteiger partial charge < -0.3 is 5.73 Å². The minimum Gasteiger partial charge on any atom is -0.399 e. The van der Waals surface area contributed by atoms with Gasteiger partial charge in [-0.3, -0.25) is 0 Å². The number of sulfonamides is 1. The van der Waals surface area contributed by atoms with E-state index in [2.05, 4.69) is 15.9 Å². The van der Waals surface area contributed by atoms with Crippen LogP contribution in [0.3, 0.4) is 0 Å². The maximum Gasteiger partial charge on any atom is 0.246 e. The van der Waals surface area contributed by atoms with E-state index >= 15 is 0 Å². The molecule has 2 aromatic rings. The third kappa shape index (κ3) is 3.57. The van der Waals surface area contributed by atoms with Crippen LogP contribution in [0.15, 0.2) is 33.6 Å². The largest absolute Gasteiger partial charge is 0.399 e. The second-order valence-corrected chi connectivity index (χ2v) is 8.95. The predicted molar refractivity (Wildman–Crippen MR) is 86.5 cm³/mol. The van der Waals surface area contributed by atoms with E-state index in [4.69, 9.17) is 17.3 Å². The van der Waals surface area contributed by atoms with E-state index in [1.807, 2.05) is 0 Å².